The van der Waals surface area contributed by atoms with E-state index in [0.29, 0.717) is 32.1 Å². The fourth-order valence-electron chi connectivity index (χ4n) is 4.75. The second-order valence-electron chi connectivity index (χ2n) is 9.41. The van der Waals surface area contributed by atoms with Crippen LogP contribution in [0.2, 0.25) is 0 Å². The number of esters is 1. The third kappa shape index (κ3) is 5.75. The molecule has 10 heteroatoms. The first-order valence-corrected chi connectivity index (χ1v) is 14.0. The summed E-state index contributed by atoms with van der Waals surface area (Å²) in [4.78, 5) is 43.2. The Kier molecular flexibility index (Phi) is 8.35. The molecule has 4 aromatic rings. The minimum Gasteiger partial charge on any atom is -0.496 e. The number of ether oxygens (including phenoxy) is 3. The fourth-order valence-corrected chi connectivity index (χ4v) is 5.80. The average Bonchev–Trinajstić information content (AvgIpc) is 3.30. The second kappa shape index (κ2) is 12.3. The first-order valence-electron chi connectivity index (χ1n) is 13.2. The molecule has 0 radical (unpaired) electrons. The molecule has 3 aromatic carbocycles. The van der Waals surface area contributed by atoms with E-state index < -0.39 is 18.0 Å². The van der Waals surface area contributed by atoms with Crippen LogP contribution in [0.4, 0.5) is 0 Å². The molecule has 0 saturated heterocycles. The third-order valence-corrected chi connectivity index (χ3v) is 7.69. The molecule has 42 heavy (non-hydrogen) atoms. The number of hydrogen-bond acceptors (Lipinski definition) is 8. The van der Waals surface area contributed by atoms with Crippen LogP contribution in [0.5, 0.6) is 11.5 Å². The number of aromatic nitrogens is 1. The van der Waals surface area contributed by atoms with Crippen LogP contribution in [0.3, 0.4) is 0 Å². The highest BCUT2D eigenvalue weighted by Gasteiger charge is 2.34. The number of aromatic carboxylic acids is 1. The number of thiazole rings is 1. The van der Waals surface area contributed by atoms with E-state index >= 15 is 0 Å². The van der Waals surface area contributed by atoms with Gasteiger partial charge in [-0.3, -0.25) is 9.36 Å². The maximum Gasteiger partial charge on any atom is 0.338 e. The van der Waals surface area contributed by atoms with Gasteiger partial charge in [-0.1, -0.05) is 53.8 Å². The molecule has 2 heterocycles. The number of nitrogens with zero attached hydrogens (tertiary/aromatic N) is 2. The molecule has 0 bridgehead atoms. The molecule has 0 unspecified atom stereocenters. The SMILES string of the molecule is CCOC(=O)C1=C(C)N=c2sc(=Cc3ccc(OCc4cccc(C(=O)O)c4)cc3)c(=O)n2[C@@H]1c1ccccc1OC. The Balaban J connectivity index is 1.48. The van der Waals surface area contributed by atoms with E-state index in [4.69, 9.17) is 14.2 Å². The van der Waals surface area contributed by atoms with E-state index in [1.165, 1.54) is 22.0 Å². The van der Waals surface area contributed by atoms with Crippen LogP contribution in [-0.2, 0) is 16.1 Å². The topological polar surface area (TPSA) is 116 Å². The van der Waals surface area contributed by atoms with Crippen LogP contribution < -0.4 is 24.4 Å². The van der Waals surface area contributed by atoms with Gasteiger partial charge in [0.1, 0.15) is 24.1 Å². The quantitative estimate of drug-likeness (QED) is 0.295. The monoisotopic (exact) mass is 584 g/mol. The first kappa shape index (κ1) is 28.6. The molecular formula is C32H28N2O7S. The third-order valence-electron chi connectivity index (χ3n) is 6.71. The number of fused-ring (bicyclic) bond motifs is 1. The number of carbonyl (C=O) groups excluding carboxylic acids is 1. The van der Waals surface area contributed by atoms with Crippen LogP contribution in [0.25, 0.3) is 6.08 Å². The molecule has 1 atom stereocenters. The van der Waals surface area contributed by atoms with Crippen molar-refractivity contribution in [3.05, 3.63) is 126 Å². The zero-order chi connectivity index (χ0) is 29.8. The molecular weight excluding hydrogens is 556 g/mol. The van der Waals surface area contributed by atoms with Crippen molar-refractivity contribution < 1.29 is 28.9 Å². The number of rotatable bonds is 9. The van der Waals surface area contributed by atoms with Crippen molar-refractivity contribution in [2.45, 2.75) is 26.5 Å². The molecule has 1 aliphatic heterocycles. The van der Waals surface area contributed by atoms with Gasteiger partial charge < -0.3 is 19.3 Å². The van der Waals surface area contributed by atoms with E-state index in [-0.39, 0.29) is 29.9 Å². The average molecular weight is 585 g/mol. The van der Waals surface area contributed by atoms with Crippen LogP contribution in [0.15, 0.2) is 93.9 Å². The van der Waals surface area contributed by atoms with Crippen molar-refractivity contribution in [3.63, 3.8) is 0 Å². The Morgan fingerprint density at radius 2 is 1.83 bits per heavy atom. The van der Waals surface area contributed by atoms with Crippen LogP contribution in [0, 0.1) is 0 Å². The van der Waals surface area contributed by atoms with Gasteiger partial charge >= 0.3 is 11.9 Å². The zero-order valence-electron chi connectivity index (χ0n) is 23.2. The molecule has 0 amide bonds. The van der Waals surface area contributed by atoms with Crippen molar-refractivity contribution in [1.82, 2.24) is 4.57 Å². The molecule has 1 N–H and O–H groups in total. The highest BCUT2D eigenvalue weighted by atomic mass is 32.1. The van der Waals surface area contributed by atoms with Gasteiger partial charge in [0.25, 0.3) is 5.56 Å². The lowest BCUT2D eigenvalue weighted by molar-refractivity contribution is -0.139. The molecule has 0 fully saturated rings. The second-order valence-corrected chi connectivity index (χ2v) is 10.4. The summed E-state index contributed by atoms with van der Waals surface area (Å²) >= 11 is 1.24. The van der Waals surface area contributed by atoms with Crippen molar-refractivity contribution in [1.29, 1.82) is 0 Å². The van der Waals surface area contributed by atoms with Crippen molar-refractivity contribution in [2.75, 3.05) is 13.7 Å². The largest absolute Gasteiger partial charge is 0.496 e. The molecule has 1 aromatic heterocycles. The maximum absolute atomic E-state index is 13.8. The minimum absolute atomic E-state index is 0.188. The van der Waals surface area contributed by atoms with Crippen LogP contribution >= 0.6 is 11.3 Å². The number of hydrogen-bond donors (Lipinski definition) is 1. The number of carbonyl (C=O) groups is 2. The smallest absolute Gasteiger partial charge is 0.338 e. The van der Waals surface area contributed by atoms with Gasteiger partial charge in [-0.05, 0) is 61.4 Å². The number of methoxy groups -OCH3 is 1. The first-order chi connectivity index (χ1) is 20.3. The van der Waals surface area contributed by atoms with Crippen molar-refractivity contribution in [2.24, 2.45) is 4.99 Å². The summed E-state index contributed by atoms with van der Waals surface area (Å²) in [6.07, 6.45) is 1.77. The van der Waals surface area contributed by atoms with E-state index in [0.717, 1.165) is 11.1 Å². The number of para-hydroxylation sites is 1. The summed E-state index contributed by atoms with van der Waals surface area (Å²) in [6, 6.07) is 20.3. The van der Waals surface area contributed by atoms with Gasteiger partial charge in [0, 0.05) is 5.56 Å². The Morgan fingerprint density at radius 3 is 2.55 bits per heavy atom. The van der Waals surface area contributed by atoms with E-state index in [1.54, 1.807) is 63.4 Å². The van der Waals surface area contributed by atoms with Gasteiger partial charge in [-0.25, -0.2) is 14.6 Å². The summed E-state index contributed by atoms with van der Waals surface area (Å²) in [7, 11) is 1.55. The lowest BCUT2D eigenvalue weighted by Crippen LogP contribution is -2.40. The van der Waals surface area contributed by atoms with Gasteiger partial charge in [-0.2, -0.15) is 0 Å². The molecule has 0 spiro atoms. The predicted octanol–water partition coefficient (Wildman–Crippen LogP) is 4.08. The summed E-state index contributed by atoms with van der Waals surface area (Å²) in [5, 5.41) is 9.19. The maximum atomic E-state index is 13.8. The Labute approximate surface area is 245 Å². The van der Waals surface area contributed by atoms with Gasteiger partial charge in [0.15, 0.2) is 4.80 Å². The molecule has 0 aliphatic carbocycles. The van der Waals surface area contributed by atoms with E-state index in [2.05, 4.69) is 4.99 Å². The normalized spacial score (nSPS) is 14.6. The highest BCUT2D eigenvalue weighted by molar-refractivity contribution is 7.07. The summed E-state index contributed by atoms with van der Waals surface area (Å²) in [5.41, 5.74) is 2.84. The molecule has 9 nitrogen and oxygen atoms in total. The lowest BCUT2D eigenvalue weighted by Gasteiger charge is -2.25. The summed E-state index contributed by atoms with van der Waals surface area (Å²) in [6.45, 7) is 3.87. The molecule has 214 valence electrons. The molecule has 0 saturated carbocycles. The van der Waals surface area contributed by atoms with Crippen LogP contribution in [-0.4, -0.2) is 35.3 Å². The Hall–Kier alpha value is -4.96. The van der Waals surface area contributed by atoms with E-state index in [1.807, 2.05) is 30.3 Å². The standard InChI is InChI=1S/C32H28N2O7S/c1-4-40-31(38)27-19(2)33-32-34(28(27)24-10-5-6-11-25(24)39-3)29(35)26(42-32)17-20-12-14-23(15-13-20)41-18-21-8-7-9-22(16-21)30(36)37/h5-17,28H,4,18H2,1-3H3,(H,36,37)/t28-/m1/s1. The van der Waals surface area contributed by atoms with Crippen molar-refractivity contribution >= 4 is 29.4 Å². The number of carboxylic acids is 1. The van der Waals surface area contributed by atoms with Crippen LogP contribution in [0.1, 0.15) is 46.9 Å². The minimum atomic E-state index is -0.993. The number of allylic oxidation sites excluding steroid dienone is 1. The Bertz CT molecular complexity index is 1870. The van der Waals surface area contributed by atoms with Gasteiger partial charge in [0.05, 0.1) is 35.1 Å². The molecule has 5 rings (SSSR count). The summed E-state index contributed by atoms with van der Waals surface area (Å²) in [5.74, 6) is -0.388. The lowest BCUT2D eigenvalue weighted by atomic mass is 9.95. The number of benzene rings is 3. The molecule has 1 aliphatic rings. The Morgan fingerprint density at radius 1 is 1.07 bits per heavy atom. The fraction of sp³-hybridized carbons (Fsp3) is 0.188. The van der Waals surface area contributed by atoms with Gasteiger partial charge in [-0.15, -0.1) is 0 Å². The van der Waals surface area contributed by atoms with Gasteiger partial charge in [0.2, 0.25) is 0 Å². The number of carboxylic acid groups (broad SMARTS) is 1. The zero-order valence-corrected chi connectivity index (χ0v) is 24.0. The predicted molar refractivity (Wildman–Crippen MR) is 158 cm³/mol. The summed E-state index contributed by atoms with van der Waals surface area (Å²) < 4.78 is 18.7. The highest BCUT2D eigenvalue weighted by Crippen LogP contribution is 2.35. The van der Waals surface area contributed by atoms with E-state index in [9.17, 15) is 19.5 Å². The van der Waals surface area contributed by atoms with Crippen molar-refractivity contribution in [3.8, 4) is 11.5 Å².